The molecule has 0 saturated carbocycles. The van der Waals surface area contributed by atoms with E-state index < -0.39 is 17.7 Å². The molecule has 5 nitrogen and oxygen atoms in total. The maximum absolute atomic E-state index is 12.4. The van der Waals surface area contributed by atoms with Gasteiger partial charge in [0.2, 0.25) is 5.91 Å². The van der Waals surface area contributed by atoms with E-state index in [1.54, 1.807) is 6.08 Å². The molecular weight excluding hydrogens is 448 g/mol. The van der Waals surface area contributed by atoms with E-state index in [2.05, 4.69) is 17.6 Å². The first-order chi connectivity index (χ1) is 17.5. The standard InChI is InChI=1S/C31H52N2O3/c1-3-4-5-6-7-8-9-10-11-12-13-14-15-16-17-21-26-32-31(27-34,28(2)35)33-30(36)25-24-29-22-19-18-20-23-29/h18-20,22-25,27-28,32,35H,3-17,21,26H2,1-2H3,(H,33,36)/t28-,31-/m1/s1. The fourth-order valence-corrected chi connectivity index (χ4v) is 4.42. The molecule has 1 rings (SSSR count). The Morgan fingerprint density at radius 1 is 0.833 bits per heavy atom. The van der Waals surface area contributed by atoms with Gasteiger partial charge in [0, 0.05) is 6.08 Å². The van der Waals surface area contributed by atoms with Crippen molar-refractivity contribution in [1.82, 2.24) is 10.6 Å². The summed E-state index contributed by atoms with van der Waals surface area (Å²) in [5.41, 5.74) is -0.587. The number of rotatable bonds is 23. The number of nitrogens with one attached hydrogen (secondary N) is 2. The quantitative estimate of drug-likeness (QED) is 0.0658. The Morgan fingerprint density at radius 3 is 1.75 bits per heavy atom. The molecule has 0 bridgehead atoms. The van der Waals surface area contributed by atoms with Crippen molar-refractivity contribution in [2.24, 2.45) is 0 Å². The molecule has 0 aromatic heterocycles. The van der Waals surface area contributed by atoms with Crippen molar-refractivity contribution >= 4 is 18.3 Å². The highest BCUT2D eigenvalue weighted by Gasteiger charge is 2.35. The minimum Gasteiger partial charge on any atom is -0.389 e. The molecule has 1 aromatic carbocycles. The number of aliphatic hydroxyl groups excluding tert-OH is 1. The molecule has 0 aliphatic rings. The van der Waals surface area contributed by atoms with Crippen LogP contribution in [0.3, 0.4) is 0 Å². The van der Waals surface area contributed by atoms with Crippen molar-refractivity contribution in [2.75, 3.05) is 6.54 Å². The van der Waals surface area contributed by atoms with Crippen LogP contribution >= 0.6 is 0 Å². The normalized spacial score (nSPS) is 14.0. The number of benzene rings is 1. The van der Waals surface area contributed by atoms with Gasteiger partial charge in [-0.25, -0.2) is 0 Å². The zero-order valence-corrected chi connectivity index (χ0v) is 23.0. The lowest BCUT2D eigenvalue weighted by Gasteiger charge is -2.32. The second-order valence-corrected chi connectivity index (χ2v) is 10.1. The average molecular weight is 501 g/mol. The van der Waals surface area contributed by atoms with Gasteiger partial charge < -0.3 is 10.4 Å². The van der Waals surface area contributed by atoms with Crippen LogP contribution < -0.4 is 10.6 Å². The molecule has 2 atom stereocenters. The van der Waals surface area contributed by atoms with Crippen LogP contribution in [0.25, 0.3) is 6.08 Å². The second-order valence-electron chi connectivity index (χ2n) is 10.1. The predicted molar refractivity (Wildman–Crippen MR) is 152 cm³/mol. The molecule has 0 fully saturated rings. The lowest BCUT2D eigenvalue weighted by atomic mass is 10.0. The third kappa shape index (κ3) is 15.2. The molecule has 36 heavy (non-hydrogen) atoms. The van der Waals surface area contributed by atoms with Crippen LogP contribution in [0.5, 0.6) is 0 Å². The molecule has 0 aliphatic carbocycles. The summed E-state index contributed by atoms with van der Waals surface area (Å²) in [4.78, 5) is 24.2. The van der Waals surface area contributed by atoms with Gasteiger partial charge in [-0.05, 0) is 31.5 Å². The van der Waals surface area contributed by atoms with Gasteiger partial charge in [0.15, 0.2) is 11.9 Å². The summed E-state index contributed by atoms with van der Waals surface area (Å²) < 4.78 is 0. The van der Waals surface area contributed by atoms with Gasteiger partial charge in [0.25, 0.3) is 0 Å². The van der Waals surface area contributed by atoms with Crippen molar-refractivity contribution in [3.8, 4) is 0 Å². The number of aliphatic hydroxyl groups is 1. The van der Waals surface area contributed by atoms with Crippen molar-refractivity contribution in [2.45, 2.75) is 128 Å². The van der Waals surface area contributed by atoms with Crippen molar-refractivity contribution < 1.29 is 14.7 Å². The summed E-state index contributed by atoms with van der Waals surface area (Å²) in [7, 11) is 0. The van der Waals surface area contributed by atoms with Gasteiger partial charge in [0.05, 0.1) is 6.10 Å². The van der Waals surface area contributed by atoms with Crippen LogP contribution in [-0.2, 0) is 9.59 Å². The summed E-state index contributed by atoms with van der Waals surface area (Å²) >= 11 is 0. The van der Waals surface area contributed by atoms with E-state index in [4.69, 9.17) is 0 Å². The molecule has 0 radical (unpaired) electrons. The van der Waals surface area contributed by atoms with Gasteiger partial charge in [-0.1, -0.05) is 134 Å². The lowest BCUT2D eigenvalue weighted by molar-refractivity contribution is -0.128. The summed E-state index contributed by atoms with van der Waals surface area (Å²) in [5.74, 6) is -0.425. The summed E-state index contributed by atoms with van der Waals surface area (Å²) in [6.07, 6.45) is 23.5. The molecule has 3 N–H and O–H groups in total. The van der Waals surface area contributed by atoms with Crippen LogP contribution in [-0.4, -0.2) is 35.6 Å². The smallest absolute Gasteiger partial charge is 0.245 e. The average Bonchev–Trinajstić information content (AvgIpc) is 2.89. The highest BCUT2D eigenvalue weighted by atomic mass is 16.3. The Bertz CT molecular complexity index is 705. The second kappa shape index (κ2) is 21.1. The summed E-state index contributed by atoms with van der Waals surface area (Å²) in [5, 5.41) is 15.9. The third-order valence-corrected chi connectivity index (χ3v) is 6.85. The zero-order chi connectivity index (χ0) is 26.3. The van der Waals surface area contributed by atoms with Gasteiger partial charge in [0.1, 0.15) is 0 Å². The van der Waals surface area contributed by atoms with Crippen molar-refractivity contribution in [3.05, 3.63) is 42.0 Å². The molecule has 204 valence electrons. The predicted octanol–water partition coefficient (Wildman–Crippen LogP) is 6.94. The third-order valence-electron chi connectivity index (χ3n) is 6.85. The molecule has 0 aliphatic heterocycles. The van der Waals surface area contributed by atoms with Gasteiger partial charge in [-0.3, -0.25) is 14.9 Å². The minimum atomic E-state index is -1.48. The number of hydrogen-bond donors (Lipinski definition) is 3. The van der Waals surface area contributed by atoms with Crippen LogP contribution in [0.15, 0.2) is 36.4 Å². The van der Waals surface area contributed by atoms with Gasteiger partial charge >= 0.3 is 0 Å². The first kappa shape index (κ1) is 32.0. The molecule has 1 aromatic rings. The number of carbonyl (C=O) groups excluding carboxylic acids is 2. The van der Waals surface area contributed by atoms with Crippen LogP contribution in [0.1, 0.15) is 122 Å². The molecule has 0 spiro atoms. The minimum absolute atomic E-state index is 0.425. The van der Waals surface area contributed by atoms with E-state index >= 15 is 0 Å². The Hall–Kier alpha value is -1.98. The molecule has 1 amide bonds. The number of carbonyl (C=O) groups is 2. The first-order valence-corrected chi connectivity index (χ1v) is 14.5. The monoisotopic (exact) mass is 500 g/mol. The highest BCUT2D eigenvalue weighted by Crippen LogP contribution is 2.14. The SMILES string of the molecule is CCCCCCCCCCCCCCCCCCN[C@](C=O)(NC(=O)C=Cc1ccccc1)[C@@H](C)O. The topological polar surface area (TPSA) is 78.4 Å². The number of hydrogen-bond acceptors (Lipinski definition) is 4. The number of amides is 1. The van der Waals surface area contributed by atoms with Crippen molar-refractivity contribution in [3.63, 3.8) is 0 Å². The first-order valence-electron chi connectivity index (χ1n) is 14.5. The van der Waals surface area contributed by atoms with E-state index in [0.717, 1.165) is 18.4 Å². The number of unbranched alkanes of at least 4 members (excludes halogenated alkanes) is 15. The Kier molecular flexibility index (Phi) is 18.8. The number of aldehydes is 1. The maximum atomic E-state index is 12.4. The molecule has 0 heterocycles. The van der Waals surface area contributed by atoms with Gasteiger partial charge in [-0.2, -0.15) is 0 Å². The van der Waals surface area contributed by atoms with E-state index in [-0.39, 0.29) is 0 Å². The van der Waals surface area contributed by atoms with Crippen molar-refractivity contribution in [1.29, 1.82) is 0 Å². The highest BCUT2D eigenvalue weighted by molar-refractivity contribution is 5.94. The van der Waals surface area contributed by atoms with E-state index in [9.17, 15) is 14.7 Å². The summed E-state index contributed by atoms with van der Waals surface area (Å²) in [6.45, 7) is 4.34. The fraction of sp³-hybridized carbons (Fsp3) is 0.677. The molecular formula is C31H52N2O3. The van der Waals surface area contributed by atoms with E-state index in [0.29, 0.717) is 12.8 Å². The van der Waals surface area contributed by atoms with E-state index in [1.807, 2.05) is 30.3 Å². The van der Waals surface area contributed by atoms with Gasteiger partial charge in [-0.15, -0.1) is 0 Å². The Morgan fingerprint density at radius 2 is 1.31 bits per heavy atom. The summed E-state index contributed by atoms with van der Waals surface area (Å²) in [6, 6.07) is 9.47. The fourth-order valence-electron chi connectivity index (χ4n) is 4.42. The largest absolute Gasteiger partial charge is 0.389 e. The van der Waals surface area contributed by atoms with Crippen LogP contribution in [0, 0.1) is 0 Å². The molecule has 5 heteroatoms. The maximum Gasteiger partial charge on any atom is 0.245 e. The zero-order valence-electron chi connectivity index (χ0n) is 23.0. The molecule has 0 unspecified atom stereocenters. The van der Waals surface area contributed by atoms with Crippen LogP contribution in [0.4, 0.5) is 0 Å². The van der Waals surface area contributed by atoms with Crippen LogP contribution in [0.2, 0.25) is 0 Å². The molecule has 0 saturated heterocycles. The Labute approximate surface area is 220 Å². The lowest BCUT2D eigenvalue weighted by Crippen LogP contribution is -2.66. The van der Waals surface area contributed by atoms with E-state index in [1.165, 1.54) is 103 Å². The Balaban J connectivity index is 2.11.